The monoisotopic (exact) mass is 329 g/mol. The summed E-state index contributed by atoms with van der Waals surface area (Å²) in [5, 5.41) is 3.56. The number of carbonyl (C=O) groups is 1. The van der Waals surface area contributed by atoms with Gasteiger partial charge in [-0.1, -0.05) is 26.0 Å². The van der Waals surface area contributed by atoms with Gasteiger partial charge in [0.05, 0.1) is 6.17 Å². The van der Waals surface area contributed by atoms with Gasteiger partial charge >= 0.3 is 0 Å². The fourth-order valence-electron chi connectivity index (χ4n) is 4.58. The molecule has 3 N–H and O–H groups in total. The van der Waals surface area contributed by atoms with Gasteiger partial charge in [-0.2, -0.15) is 0 Å². The first kappa shape index (κ1) is 15.8. The third-order valence-corrected chi connectivity index (χ3v) is 5.60. The van der Waals surface area contributed by atoms with Crippen LogP contribution in [0, 0.1) is 17.2 Å². The molecule has 4 atom stereocenters. The molecule has 0 saturated carbocycles. The van der Waals surface area contributed by atoms with Crippen LogP contribution in [0.25, 0.3) is 0 Å². The molecular formula is C19H24FN3O. The first-order valence-corrected chi connectivity index (χ1v) is 8.65. The molecule has 0 aromatic heterocycles. The summed E-state index contributed by atoms with van der Waals surface area (Å²) in [6.45, 7) is 6.40. The number of ketones is 1. The Morgan fingerprint density at radius 2 is 1.83 bits per heavy atom. The summed E-state index contributed by atoms with van der Waals surface area (Å²) in [6, 6.07) is 6.85. The third kappa shape index (κ3) is 2.47. The highest BCUT2D eigenvalue weighted by molar-refractivity contribution is 5.99. The fraction of sp³-hybridized carbons (Fsp3) is 0.526. The van der Waals surface area contributed by atoms with Crippen molar-refractivity contribution in [2.24, 2.45) is 11.3 Å². The second kappa shape index (κ2) is 5.39. The van der Waals surface area contributed by atoms with E-state index in [-0.39, 0.29) is 41.1 Å². The van der Waals surface area contributed by atoms with Gasteiger partial charge in [0.2, 0.25) is 0 Å². The maximum Gasteiger partial charge on any atom is 0.161 e. The molecule has 1 fully saturated rings. The lowest BCUT2D eigenvalue weighted by Gasteiger charge is -2.44. The zero-order valence-corrected chi connectivity index (χ0v) is 14.3. The quantitative estimate of drug-likeness (QED) is 0.741. The Balaban J connectivity index is 1.85. The Kier molecular flexibility index (Phi) is 3.55. The number of hydrogen-bond donors (Lipinski definition) is 3. The van der Waals surface area contributed by atoms with Gasteiger partial charge in [0.1, 0.15) is 5.82 Å². The van der Waals surface area contributed by atoms with Crippen LogP contribution in [-0.2, 0) is 4.79 Å². The molecular weight excluding hydrogens is 305 g/mol. The smallest absolute Gasteiger partial charge is 0.161 e. The van der Waals surface area contributed by atoms with Gasteiger partial charge in [-0.25, -0.2) is 9.82 Å². The Hall–Kier alpha value is -1.72. The van der Waals surface area contributed by atoms with Crippen molar-refractivity contribution in [1.82, 2.24) is 16.2 Å². The Morgan fingerprint density at radius 3 is 2.54 bits per heavy atom. The minimum atomic E-state index is -0.245. The van der Waals surface area contributed by atoms with Crippen molar-refractivity contribution < 1.29 is 9.18 Å². The van der Waals surface area contributed by atoms with E-state index in [1.165, 1.54) is 12.1 Å². The van der Waals surface area contributed by atoms with Gasteiger partial charge in [0.25, 0.3) is 0 Å². The zero-order chi connectivity index (χ0) is 17.1. The number of hydrogen-bond acceptors (Lipinski definition) is 4. The molecule has 1 aliphatic carbocycles. The van der Waals surface area contributed by atoms with Gasteiger partial charge < -0.3 is 5.32 Å². The molecule has 0 amide bonds. The summed E-state index contributed by atoms with van der Waals surface area (Å²) in [5.41, 5.74) is 9.55. The maximum absolute atomic E-state index is 13.4. The molecule has 24 heavy (non-hydrogen) atoms. The van der Waals surface area contributed by atoms with Crippen LogP contribution in [0.1, 0.15) is 45.1 Å². The van der Waals surface area contributed by atoms with Crippen LogP contribution in [0.3, 0.4) is 0 Å². The summed E-state index contributed by atoms with van der Waals surface area (Å²) in [5.74, 6) is 0.179. The second-order valence-corrected chi connectivity index (χ2v) is 8.14. The summed E-state index contributed by atoms with van der Waals surface area (Å²) >= 11 is 0. The molecule has 2 aliphatic heterocycles. The first-order valence-electron chi connectivity index (χ1n) is 8.65. The van der Waals surface area contributed by atoms with E-state index in [1.54, 1.807) is 0 Å². The number of carbonyl (C=O) groups excluding carboxylic acids is 1. The number of fused-ring (bicyclic) bond motifs is 1. The summed E-state index contributed by atoms with van der Waals surface area (Å²) in [7, 11) is 0. The predicted octanol–water partition coefficient (Wildman–Crippen LogP) is 2.59. The van der Waals surface area contributed by atoms with Crippen molar-refractivity contribution in [2.45, 2.75) is 51.7 Å². The van der Waals surface area contributed by atoms with E-state index in [4.69, 9.17) is 0 Å². The standard InChI is InChI=1S/C19H24FN3O/c1-10-15-16(11-4-6-12(20)7-5-11)17-13(21-18(15)23-22-10)8-19(2,3)9-14(17)24/h4-7,10,15-16,18,21-23H,8-9H2,1-3H3. The lowest BCUT2D eigenvalue weighted by molar-refractivity contribution is -0.118. The molecule has 3 aliphatic rings. The van der Waals surface area contributed by atoms with Crippen LogP contribution in [0.4, 0.5) is 4.39 Å². The van der Waals surface area contributed by atoms with Crippen molar-refractivity contribution in [3.8, 4) is 0 Å². The Morgan fingerprint density at radius 1 is 1.12 bits per heavy atom. The highest BCUT2D eigenvalue weighted by Gasteiger charge is 2.49. The molecule has 1 aromatic carbocycles. The summed E-state index contributed by atoms with van der Waals surface area (Å²) in [4.78, 5) is 13.0. The Labute approximate surface area is 141 Å². The normalized spacial score (nSPS) is 34.6. The molecule has 1 aromatic rings. The van der Waals surface area contributed by atoms with Crippen LogP contribution < -0.4 is 16.2 Å². The number of rotatable bonds is 1. The van der Waals surface area contributed by atoms with E-state index >= 15 is 0 Å². The molecule has 4 rings (SSSR count). The van der Waals surface area contributed by atoms with Gasteiger partial charge in [0, 0.05) is 35.6 Å². The van der Waals surface area contributed by atoms with E-state index in [1.807, 2.05) is 12.1 Å². The van der Waals surface area contributed by atoms with Gasteiger partial charge in [-0.05, 0) is 36.5 Å². The number of halogens is 1. The molecule has 0 radical (unpaired) electrons. The van der Waals surface area contributed by atoms with Crippen LogP contribution >= 0.6 is 0 Å². The number of allylic oxidation sites excluding steroid dienone is 2. The lowest BCUT2D eigenvalue weighted by atomic mass is 9.65. The second-order valence-electron chi connectivity index (χ2n) is 8.14. The summed E-state index contributed by atoms with van der Waals surface area (Å²) < 4.78 is 13.4. The Bertz CT molecular complexity index is 710. The van der Waals surface area contributed by atoms with Crippen molar-refractivity contribution in [3.05, 3.63) is 46.9 Å². The van der Waals surface area contributed by atoms with E-state index in [0.717, 1.165) is 23.3 Å². The van der Waals surface area contributed by atoms with Crippen LogP contribution in [0.2, 0.25) is 0 Å². The van der Waals surface area contributed by atoms with Crippen molar-refractivity contribution in [2.75, 3.05) is 0 Å². The molecule has 128 valence electrons. The van der Waals surface area contributed by atoms with Gasteiger partial charge in [0.15, 0.2) is 5.78 Å². The average Bonchev–Trinajstić information content (AvgIpc) is 2.86. The number of nitrogens with one attached hydrogen (secondary N) is 3. The number of benzene rings is 1. The molecule has 5 heteroatoms. The van der Waals surface area contributed by atoms with Crippen LogP contribution in [0.5, 0.6) is 0 Å². The molecule has 2 heterocycles. The number of hydrazine groups is 1. The minimum Gasteiger partial charge on any atom is -0.371 e. The largest absolute Gasteiger partial charge is 0.371 e. The topological polar surface area (TPSA) is 53.2 Å². The van der Waals surface area contributed by atoms with E-state index < -0.39 is 0 Å². The van der Waals surface area contributed by atoms with Gasteiger partial charge in [-0.3, -0.25) is 10.2 Å². The van der Waals surface area contributed by atoms with Crippen molar-refractivity contribution in [3.63, 3.8) is 0 Å². The lowest BCUT2D eigenvalue weighted by Crippen LogP contribution is -2.52. The molecule has 4 nitrogen and oxygen atoms in total. The molecule has 4 unspecified atom stereocenters. The minimum absolute atomic E-state index is 0.00653. The van der Waals surface area contributed by atoms with Crippen molar-refractivity contribution >= 4 is 5.78 Å². The van der Waals surface area contributed by atoms with E-state index in [9.17, 15) is 9.18 Å². The van der Waals surface area contributed by atoms with Crippen molar-refractivity contribution in [1.29, 1.82) is 0 Å². The fourth-order valence-corrected chi connectivity index (χ4v) is 4.58. The number of Topliss-reactive ketones (excluding diaryl/α,β-unsaturated/α-hetero) is 1. The van der Waals surface area contributed by atoms with Gasteiger partial charge in [-0.15, -0.1) is 0 Å². The maximum atomic E-state index is 13.4. The molecule has 1 saturated heterocycles. The third-order valence-electron chi connectivity index (χ3n) is 5.60. The SMILES string of the molecule is CC1NNC2NC3=C(C(=O)CC(C)(C)C3)C(c3ccc(F)cc3)C12. The molecule has 0 bridgehead atoms. The first-order chi connectivity index (χ1) is 11.4. The highest BCUT2D eigenvalue weighted by atomic mass is 19.1. The summed E-state index contributed by atoms with van der Waals surface area (Å²) in [6.07, 6.45) is 1.51. The predicted molar refractivity (Wildman–Crippen MR) is 90.3 cm³/mol. The van der Waals surface area contributed by atoms with Crippen LogP contribution in [0.15, 0.2) is 35.5 Å². The van der Waals surface area contributed by atoms with E-state index in [2.05, 4.69) is 36.9 Å². The van der Waals surface area contributed by atoms with E-state index in [0.29, 0.717) is 6.42 Å². The zero-order valence-electron chi connectivity index (χ0n) is 14.3. The average molecular weight is 329 g/mol. The van der Waals surface area contributed by atoms with Crippen LogP contribution in [-0.4, -0.2) is 18.0 Å². The highest BCUT2D eigenvalue weighted by Crippen LogP contribution is 2.48. The molecule has 0 spiro atoms.